The van der Waals surface area contributed by atoms with Crippen LogP contribution in [0.5, 0.6) is 5.88 Å². The molecule has 166 valence electrons. The van der Waals surface area contributed by atoms with E-state index in [1.54, 1.807) is 12.1 Å². The Bertz CT molecular complexity index is 1250. The van der Waals surface area contributed by atoms with Gasteiger partial charge in [-0.1, -0.05) is 23.7 Å². The summed E-state index contributed by atoms with van der Waals surface area (Å²) in [4.78, 5) is 30.0. The molecule has 0 spiro atoms. The van der Waals surface area contributed by atoms with Gasteiger partial charge in [-0.2, -0.15) is 0 Å². The normalized spacial score (nSPS) is 12.7. The number of nitrogens with zero attached hydrogens (tertiary/aromatic N) is 3. The molecule has 0 unspecified atom stereocenters. The zero-order valence-electron chi connectivity index (χ0n) is 16.7. The summed E-state index contributed by atoms with van der Waals surface area (Å²) in [5.41, 5.74) is 2.06. The van der Waals surface area contributed by atoms with Gasteiger partial charge in [0.1, 0.15) is 31.2 Å². The summed E-state index contributed by atoms with van der Waals surface area (Å²) in [5, 5.41) is 8.83. The van der Waals surface area contributed by atoms with E-state index >= 15 is 0 Å². The number of anilines is 1. The first-order chi connectivity index (χ1) is 15.4. The molecule has 1 aliphatic rings. The molecule has 4 rings (SSSR count). The summed E-state index contributed by atoms with van der Waals surface area (Å²) in [7, 11) is 0. The predicted octanol–water partition coefficient (Wildman–Crippen LogP) is 2.68. The van der Waals surface area contributed by atoms with Gasteiger partial charge >= 0.3 is 0 Å². The maximum Gasteiger partial charge on any atom is 0.276 e. The molecule has 0 saturated heterocycles. The highest BCUT2D eigenvalue weighted by atomic mass is 35.5. The first-order valence-corrected chi connectivity index (χ1v) is 10.1. The van der Waals surface area contributed by atoms with Gasteiger partial charge in [0.2, 0.25) is 5.88 Å². The number of carbonyl (C=O) groups is 1. The lowest BCUT2D eigenvalue weighted by Crippen LogP contribution is -2.31. The van der Waals surface area contributed by atoms with Gasteiger partial charge in [0, 0.05) is 23.9 Å². The van der Waals surface area contributed by atoms with Crippen LogP contribution in [0.1, 0.15) is 16.7 Å². The van der Waals surface area contributed by atoms with Crippen molar-refractivity contribution >= 4 is 23.2 Å². The number of fused-ring (bicyclic) bond motifs is 1. The lowest BCUT2D eigenvalue weighted by atomic mass is 10.1. The number of amides is 1. The summed E-state index contributed by atoms with van der Waals surface area (Å²) in [6.45, 7) is -0.134. The van der Waals surface area contributed by atoms with Gasteiger partial charge in [-0.3, -0.25) is 14.2 Å². The zero-order valence-corrected chi connectivity index (χ0v) is 17.5. The Morgan fingerprint density at radius 2 is 2.03 bits per heavy atom. The van der Waals surface area contributed by atoms with Crippen molar-refractivity contribution in [2.45, 2.75) is 19.6 Å². The molecule has 10 heteroatoms. The van der Waals surface area contributed by atoms with Crippen LogP contribution in [0.25, 0.3) is 0 Å². The highest BCUT2D eigenvalue weighted by molar-refractivity contribution is 6.31. The number of hydrogen-bond donors (Lipinski definition) is 1. The van der Waals surface area contributed by atoms with Gasteiger partial charge < -0.3 is 14.7 Å². The van der Waals surface area contributed by atoms with E-state index in [1.807, 2.05) is 6.07 Å². The Balaban J connectivity index is 1.49. The molecule has 0 atom stereocenters. The Hall–Kier alpha value is -3.30. The molecule has 3 aromatic rings. The average Bonchev–Trinajstić information content (AvgIpc) is 3.20. The lowest BCUT2D eigenvalue weighted by Gasteiger charge is -2.16. The lowest BCUT2D eigenvalue weighted by molar-refractivity contribution is -0.121. The van der Waals surface area contributed by atoms with Crippen molar-refractivity contribution in [3.63, 3.8) is 0 Å². The second-order valence-electron chi connectivity index (χ2n) is 7.24. The van der Waals surface area contributed by atoms with Gasteiger partial charge in [0.25, 0.3) is 11.5 Å². The van der Waals surface area contributed by atoms with E-state index in [0.29, 0.717) is 13.0 Å². The van der Waals surface area contributed by atoms with Gasteiger partial charge in [-0.15, -0.1) is 0 Å². The summed E-state index contributed by atoms with van der Waals surface area (Å²) in [5.74, 6) is -1.99. The van der Waals surface area contributed by atoms with E-state index in [4.69, 9.17) is 21.4 Å². The standard InChI is InChI=1S/C22H18ClF2N3O4/c23-20-21(32-11-15-2-3-16(24)8-17(15)25)26-12-27(22(20)31)9-13-1-4-18-14(7-13)5-6-28(18)19(30)10-29/h1-4,7-8,12,29H,5-6,9-11H2. The van der Waals surface area contributed by atoms with E-state index in [1.165, 1.54) is 21.9 Å². The van der Waals surface area contributed by atoms with Crippen molar-refractivity contribution in [1.82, 2.24) is 9.55 Å². The van der Waals surface area contributed by atoms with E-state index in [9.17, 15) is 18.4 Å². The number of carbonyl (C=O) groups excluding carboxylic acids is 1. The average molecular weight is 462 g/mol. The largest absolute Gasteiger partial charge is 0.471 e. The van der Waals surface area contributed by atoms with Gasteiger partial charge in [-0.05, 0) is 35.7 Å². The SMILES string of the molecule is O=C(CO)N1CCc2cc(Cn3cnc(OCc4ccc(F)cc4F)c(Cl)c3=O)ccc21. The molecule has 32 heavy (non-hydrogen) atoms. The molecule has 0 fully saturated rings. The first kappa shape index (κ1) is 21.9. The first-order valence-electron chi connectivity index (χ1n) is 9.72. The number of benzene rings is 2. The summed E-state index contributed by atoms with van der Waals surface area (Å²) >= 11 is 6.12. The van der Waals surface area contributed by atoms with E-state index in [2.05, 4.69) is 4.98 Å². The fourth-order valence-corrected chi connectivity index (χ4v) is 3.75. The molecular formula is C22H18ClF2N3O4. The molecule has 1 N–H and O–H groups in total. The number of halogens is 3. The van der Waals surface area contributed by atoms with Gasteiger partial charge in [0.15, 0.2) is 5.02 Å². The second kappa shape index (κ2) is 9.05. The Labute approximate surface area is 186 Å². The van der Waals surface area contributed by atoms with Crippen LogP contribution < -0.4 is 15.2 Å². The third-order valence-electron chi connectivity index (χ3n) is 5.16. The molecule has 0 aliphatic carbocycles. The number of ether oxygens (including phenoxy) is 1. The minimum Gasteiger partial charge on any atom is -0.471 e. The van der Waals surface area contributed by atoms with E-state index in [-0.39, 0.29) is 35.5 Å². The molecule has 7 nitrogen and oxygen atoms in total. The third-order valence-corrected chi connectivity index (χ3v) is 5.48. The van der Waals surface area contributed by atoms with Crippen molar-refractivity contribution in [3.05, 3.63) is 86.4 Å². The van der Waals surface area contributed by atoms with Crippen molar-refractivity contribution in [1.29, 1.82) is 0 Å². The van der Waals surface area contributed by atoms with Crippen LogP contribution in [0.4, 0.5) is 14.5 Å². The number of aliphatic hydroxyl groups excluding tert-OH is 1. The minimum absolute atomic E-state index is 0.0975. The number of aliphatic hydroxyl groups is 1. The smallest absolute Gasteiger partial charge is 0.276 e. The van der Waals surface area contributed by atoms with Crippen LogP contribution in [0.3, 0.4) is 0 Å². The Morgan fingerprint density at radius 3 is 2.78 bits per heavy atom. The Kier molecular flexibility index (Phi) is 6.20. The molecule has 1 aliphatic heterocycles. The van der Waals surface area contributed by atoms with Gasteiger partial charge in [0.05, 0.1) is 6.54 Å². The number of aromatic nitrogens is 2. The fourth-order valence-electron chi connectivity index (χ4n) is 3.54. The molecule has 0 radical (unpaired) electrons. The number of rotatable bonds is 6. The van der Waals surface area contributed by atoms with Crippen LogP contribution in [-0.2, 0) is 24.4 Å². The van der Waals surface area contributed by atoms with Crippen molar-refractivity contribution in [3.8, 4) is 5.88 Å². The maximum atomic E-state index is 13.7. The third kappa shape index (κ3) is 4.35. The van der Waals surface area contributed by atoms with Crippen LogP contribution >= 0.6 is 11.6 Å². The quantitative estimate of drug-likeness (QED) is 0.610. The van der Waals surface area contributed by atoms with Crippen LogP contribution in [0, 0.1) is 11.6 Å². The van der Waals surface area contributed by atoms with E-state index < -0.39 is 23.8 Å². The van der Waals surface area contributed by atoms with Crippen molar-refractivity contribution in [2.75, 3.05) is 18.1 Å². The monoisotopic (exact) mass is 461 g/mol. The summed E-state index contributed by atoms with van der Waals surface area (Å²) < 4.78 is 33.4. The van der Waals surface area contributed by atoms with Gasteiger partial charge in [-0.25, -0.2) is 13.8 Å². The molecule has 1 amide bonds. The zero-order chi connectivity index (χ0) is 22.8. The van der Waals surface area contributed by atoms with Crippen molar-refractivity contribution < 1.29 is 23.4 Å². The number of hydrogen-bond acceptors (Lipinski definition) is 5. The highest BCUT2D eigenvalue weighted by Gasteiger charge is 2.24. The van der Waals surface area contributed by atoms with Crippen molar-refractivity contribution in [2.24, 2.45) is 0 Å². The predicted molar refractivity (Wildman–Crippen MR) is 113 cm³/mol. The van der Waals surface area contributed by atoms with Crippen LogP contribution in [0.2, 0.25) is 5.02 Å². The summed E-state index contributed by atoms with van der Waals surface area (Å²) in [6, 6.07) is 8.53. The molecule has 0 saturated carbocycles. The fraction of sp³-hybridized carbons (Fsp3) is 0.227. The Morgan fingerprint density at radius 1 is 1.22 bits per heavy atom. The molecule has 1 aromatic heterocycles. The molecule has 2 aromatic carbocycles. The minimum atomic E-state index is -0.773. The molecular weight excluding hydrogens is 444 g/mol. The van der Waals surface area contributed by atoms with E-state index in [0.717, 1.165) is 28.9 Å². The molecule has 0 bridgehead atoms. The van der Waals surface area contributed by atoms with Crippen LogP contribution in [-0.4, -0.2) is 33.7 Å². The summed E-state index contributed by atoms with van der Waals surface area (Å²) in [6.07, 6.45) is 1.93. The maximum absolute atomic E-state index is 13.7. The second-order valence-corrected chi connectivity index (χ2v) is 7.62. The topological polar surface area (TPSA) is 84.7 Å². The highest BCUT2D eigenvalue weighted by Crippen LogP contribution is 2.29. The molecule has 2 heterocycles. The van der Waals surface area contributed by atoms with Crippen LogP contribution in [0.15, 0.2) is 47.5 Å².